The van der Waals surface area contributed by atoms with Gasteiger partial charge in [0.25, 0.3) is 0 Å². The minimum Gasteiger partial charge on any atom is -0.462 e. The molecular weight excluding hydrogens is 478 g/mol. The van der Waals surface area contributed by atoms with Crippen molar-refractivity contribution in [3.05, 3.63) is 29.8 Å². The van der Waals surface area contributed by atoms with Gasteiger partial charge in [0.1, 0.15) is 0 Å². The van der Waals surface area contributed by atoms with Gasteiger partial charge in [-0.2, -0.15) is 0 Å². The average Bonchev–Trinajstić information content (AvgIpc) is 3.27. The number of ether oxygens (including phenoxy) is 1. The first-order valence-electron chi connectivity index (χ1n) is 9.38. The number of hydrogen-bond acceptors (Lipinski definition) is 4. The lowest BCUT2D eigenvalue weighted by molar-refractivity contribution is -0.123. The molecule has 2 amide bonds. The number of carbonyl (C=O) groups excluding carboxylic acids is 3. The third-order valence-electron chi connectivity index (χ3n) is 6.08. The highest BCUT2D eigenvalue weighted by molar-refractivity contribution is 9.12. The monoisotopic (exact) mass is 497 g/mol. The van der Waals surface area contributed by atoms with Gasteiger partial charge in [-0.1, -0.05) is 45.2 Å². The highest BCUT2D eigenvalue weighted by Gasteiger charge is 2.66. The highest BCUT2D eigenvalue weighted by atomic mass is 79.9. The molecule has 7 heteroatoms. The molecule has 1 heterocycles. The zero-order valence-corrected chi connectivity index (χ0v) is 18.1. The van der Waals surface area contributed by atoms with Gasteiger partial charge in [-0.05, 0) is 48.9 Å². The maximum Gasteiger partial charge on any atom is 0.338 e. The first kappa shape index (κ1) is 19.1. The third kappa shape index (κ3) is 2.97. The number of alkyl halides is 2. The summed E-state index contributed by atoms with van der Waals surface area (Å²) in [5.41, 5.74) is 0.955. The van der Waals surface area contributed by atoms with Gasteiger partial charge < -0.3 is 4.74 Å². The highest BCUT2D eigenvalue weighted by Crippen LogP contribution is 2.60. The van der Waals surface area contributed by atoms with Crippen LogP contribution in [0.1, 0.15) is 36.5 Å². The number of esters is 1. The van der Waals surface area contributed by atoms with Crippen LogP contribution in [0.25, 0.3) is 0 Å². The Morgan fingerprint density at radius 2 is 1.63 bits per heavy atom. The minimum atomic E-state index is -0.381. The van der Waals surface area contributed by atoms with E-state index < -0.39 is 0 Å². The van der Waals surface area contributed by atoms with Crippen molar-refractivity contribution in [2.45, 2.75) is 35.8 Å². The average molecular weight is 499 g/mol. The SMILES string of the molecule is CCCCOC(=O)c1ccc(N2C(=O)[C@@H]3[C@H]4C[C@@H]([C@H](Br)[C@@H]4Br)[C@@H]3C2=O)cc1. The standard InChI is InChI=1S/C20H21Br2NO4/c1-2-3-8-27-20(26)10-4-6-11(7-5-10)23-18(24)14-12-9-13(15(14)19(23)25)17(22)16(12)21/h4-7,12-17H,2-3,8-9H2,1H3/t12-,13-,14-,15+,16-,17+/m1/s1. The van der Waals surface area contributed by atoms with Crippen molar-refractivity contribution in [1.29, 1.82) is 0 Å². The van der Waals surface area contributed by atoms with Gasteiger partial charge in [0.2, 0.25) is 11.8 Å². The van der Waals surface area contributed by atoms with Crippen LogP contribution in [0.5, 0.6) is 0 Å². The number of carbonyl (C=O) groups is 3. The third-order valence-corrected chi connectivity index (χ3v) is 9.29. The van der Waals surface area contributed by atoms with Crippen LogP contribution >= 0.6 is 31.9 Å². The van der Waals surface area contributed by atoms with E-state index in [1.54, 1.807) is 24.3 Å². The molecule has 0 unspecified atom stereocenters. The summed E-state index contributed by atoms with van der Waals surface area (Å²) < 4.78 is 5.20. The van der Waals surface area contributed by atoms with Crippen LogP contribution in [0.3, 0.4) is 0 Å². The fourth-order valence-electron chi connectivity index (χ4n) is 4.74. The van der Waals surface area contributed by atoms with Crippen LogP contribution in [0, 0.1) is 23.7 Å². The topological polar surface area (TPSA) is 63.7 Å². The number of amides is 2. The summed E-state index contributed by atoms with van der Waals surface area (Å²) >= 11 is 7.38. The number of imide groups is 1. The predicted octanol–water partition coefficient (Wildman–Crippen LogP) is 3.93. The van der Waals surface area contributed by atoms with Gasteiger partial charge in [-0.15, -0.1) is 0 Å². The van der Waals surface area contributed by atoms with E-state index in [1.165, 1.54) is 4.90 Å². The van der Waals surface area contributed by atoms with Crippen molar-refractivity contribution in [2.75, 3.05) is 11.5 Å². The molecule has 0 spiro atoms. The fourth-order valence-corrected chi connectivity index (χ4v) is 6.62. The zero-order valence-electron chi connectivity index (χ0n) is 14.9. The largest absolute Gasteiger partial charge is 0.462 e. The van der Waals surface area contributed by atoms with Crippen molar-refractivity contribution in [1.82, 2.24) is 0 Å². The molecule has 27 heavy (non-hydrogen) atoms. The molecule has 2 saturated carbocycles. The summed E-state index contributed by atoms with van der Waals surface area (Å²) in [5.74, 6) is -0.691. The number of anilines is 1. The summed E-state index contributed by atoms with van der Waals surface area (Å²) in [6.45, 7) is 2.43. The number of halogens is 2. The Balaban J connectivity index is 1.52. The second-order valence-electron chi connectivity index (χ2n) is 7.55. The Morgan fingerprint density at radius 1 is 1.07 bits per heavy atom. The van der Waals surface area contributed by atoms with E-state index >= 15 is 0 Å². The molecule has 144 valence electrons. The molecule has 2 bridgehead atoms. The first-order chi connectivity index (χ1) is 13.0. The molecule has 5 nitrogen and oxygen atoms in total. The van der Waals surface area contributed by atoms with E-state index in [2.05, 4.69) is 31.9 Å². The van der Waals surface area contributed by atoms with Gasteiger partial charge in [0.05, 0.1) is 29.7 Å². The van der Waals surface area contributed by atoms with Crippen LogP contribution in [0.4, 0.5) is 5.69 Å². The number of nitrogens with zero attached hydrogens (tertiary/aromatic N) is 1. The molecule has 0 radical (unpaired) electrons. The lowest BCUT2D eigenvalue weighted by Gasteiger charge is -2.28. The molecule has 2 aliphatic carbocycles. The van der Waals surface area contributed by atoms with E-state index in [4.69, 9.17) is 4.74 Å². The first-order valence-corrected chi connectivity index (χ1v) is 11.2. The molecule has 3 fully saturated rings. The van der Waals surface area contributed by atoms with Crippen molar-refractivity contribution in [3.8, 4) is 0 Å². The van der Waals surface area contributed by atoms with E-state index in [9.17, 15) is 14.4 Å². The summed E-state index contributed by atoms with van der Waals surface area (Å²) in [6, 6.07) is 6.56. The number of rotatable bonds is 5. The lowest BCUT2D eigenvalue weighted by atomic mass is 9.81. The minimum absolute atomic E-state index is 0.111. The molecule has 3 aliphatic rings. The molecule has 0 N–H and O–H groups in total. The Kier molecular flexibility index (Phi) is 5.18. The molecule has 1 aromatic carbocycles. The summed E-state index contributed by atoms with van der Waals surface area (Å²) in [6.07, 6.45) is 2.70. The van der Waals surface area contributed by atoms with E-state index in [0.717, 1.165) is 19.3 Å². The molecule has 1 saturated heterocycles. The molecule has 1 aromatic rings. The summed E-state index contributed by atoms with van der Waals surface area (Å²) in [4.78, 5) is 39.8. The van der Waals surface area contributed by atoms with Crippen molar-refractivity contribution in [2.24, 2.45) is 23.7 Å². The van der Waals surface area contributed by atoms with Crippen LogP contribution < -0.4 is 4.90 Å². The van der Waals surface area contributed by atoms with E-state index in [0.29, 0.717) is 17.9 Å². The van der Waals surface area contributed by atoms with Crippen LogP contribution in [-0.2, 0) is 14.3 Å². The van der Waals surface area contributed by atoms with Gasteiger partial charge in [-0.25, -0.2) is 4.79 Å². The Morgan fingerprint density at radius 3 is 2.15 bits per heavy atom. The Hall–Kier alpha value is -1.21. The summed E-state index contributed by atoms with van der Waals surface area (Å²) in [5, 5.41) is 0. The fraction of sp³-hybridized carbons (Fsp3) is 0.550. The van der Waals surface area contributed by atoms with Crippen LogP contribution in [0.2, 0.25) is 0 Å². The van der Waals surface area contributed by atoms with Crippen molar-refractivity contribution in [3.63, 3.8) is 0 Å². The summed E-state index contributed by atoms with van der Waals surface area (Å²) in [7, 11) is 0. The maximum absolute atomic E-state index is 13.0. The number of fused-ring (bicyclic) bond motifs is 5. The lowest BCUT2D eigenvalue weighted by Crippen LogP contribution is -2.37. The number of unbranched alkanes of at least 4 members (excludes halogenated alkanes) is 1. The van der Waals surface area contributed by atoms with Crippen molar-refractivity contribution >= 4 is 55.3 Å². The van der Waals surface area contributed by atoms with Gasteiger partial charge >= 0.3 is 5.97 Å². The molecule has 6 atom stereocenters. The number of benzene rings is 1. The van der Waals surface area contributed by atoms with E-state index in [1.807, 2.05) is 6.92 Å². The second kappa shape index (κ2) is 7.32. The smallest absolute Gasteiger partial charge is 0.338 e. The van der Waals surface area contributed by atoms with Gasteiger partial charge in [0.15, 0.2) is 0 Å². The molecule has 1 aliphatic heterocycles. The molecule has 0 aromatic heterocycles. The van der Waals surface area contributed by atoms with Gasteiger partial charge in [-0.3, -0.25) is 14.5 Å². The predicted molar refractivity (Wildman–Crippen MR) is 108 cm³/mol. The normalized spacial score (nSPS) is 34.3. The molecular formula is C20H21Br2NO4. The quantitative estimate of drug-likeness (QED) is 0.267. The maximum atomic E-state index is 13.0. The van der Waals surface area contributed by atoms with Crippen LogP contribution in [0.15, 0.2) is 24.3 Å². The Bertz CT molecular complexity index is 749. The zero-order chi connectivity index (χ0) is 19.3. The van der Waals surface area contributed by atoms with E-state index in [-0.39, 0.29) is 51.1 Å². The van der Waals surface area contributed by atoms with Gasteiger partial charge in [0, 0.05) is 9.65 Å². The molecule has 4 rings (SSSR count). The number of hydrogen-bond donors (Lipinski definition) is 0. The second-order valence-corrected chi connectivity index (χ2v) is 9.67. The van der Waals surface area contributed by atoms with Crippen LogP contribution in [-0.4, -0.2) is 34.0 Å². The van der Waals surface area contributed by atoms with Crippen molar-refractivity contribution < 1.29 is 19.1 Å². The Labute approximate surface area is 175 Å².